The number of hydrogen-bond acceptors (Lipinski definition) is 4. The van der Waals surface area contributed by atoms with Gasteiger partial charge in [-0.2, -0.15) is 0 Å². The molecule has 1 aromatic rings. The molecule has 1 fully saturated rings. The molecule has 1 heterocycles. The Morgan fingerprint density at radius 2 is 2.11 bits per heavy atom. The summed E-state index contributed by atoms with van der Waals surface area (Å²) in [6.45, 7) is 2.18. The highest BCUT2D eigenvalue weighted by molar-refractivity contribution is 8.00. The van der Waals surface area contributed by atoms with Gasteiger partial charge in [0.05, 0.1) is 5.75 Å². The maximum atomic E-state index is 11.9. The number of hydrogen-bond donors (Lipinski definition) is 0. The zero-order chi connectivity index (χ0) is 13.5. The van der Waals surface area contributed by atoms with Crippen molar-refractivity contribution in [2.24, 2.45) is 5.92 Å². The van der Waals surface area contributed by atoms with E-state index in [0.717, 1.165) is 17.7 Å². The molecule has 1 aliphatic rings. The summed E-state index contributed by atoms with van der Waals surface area (Å²) in [5.74, 6) is 0.854. The molecule has 4 heteroatoms. The molecule has 0 radical (unpaired) electrons. The monoisotopic (exact) mass is 279 g/mol. The first kappa shape index (κ1) is 14.4. The second kappa shape index (κ2) is 7.53. The van der Waals surface area contributed by atoms with Crippen LogP contribution in [-0.2, 0) is 9.53 Å². The summed E-state index contributed by atoms with van der Waals surface area (Å²) < 4.78 is 5.64. The van der Waals surface area contributed by atoms with E-state index in [0.29, 0.717) is 11.7 Å². The van der Waals surface area contributed by atoms with Crippen molar-refractivity contribution >= 4 is 17.7 Å². The predicted octanol–water partition coefficient (Wildman–Crippen LogP) is 3.69. The van der Waals surface area contributed by atoms with E-state index in [1.165, 1.54) is 31.0 Å². The van der Waals surface area contributed by atoms with E-state index >= 15 is 0 Å². The van der Waals surface area contributed by atoms with E-state index in [4.69, 9.17) is 4.74 Å². The van der Waals surface area contributed by atoms with Crippen LogP contribution in [0.3, 0.4) is 0 Å². The lowest BCUT2D eigenvalue weighted by Crippen LogP contribution is -2.30. The number of carbonyl (C=O) groups is 1. The van der Waals surface area contributed by atoms with Gasteiger partial charge >= 0.3 is 5.97 Å². The summed E-state index contributed by atoms with van der Waals surface area (Å²) in [5, 5.41) is 0. The van der Waals surface area contributed by atoms with E-state index in [2.05, 4.69) is 11.9 Å². The number of aromatic nitrogens is 1. The second-order valence-electron chi connectivity index (χ2n) is 4.95. The fourth-order valence-electron chi connectivity index (χ4n) is 2.58. The number of thioether (sulfide) groups is 1. The average molecular weight is 279 g/mol. The molecule has 0 aliphatic heterocycles. The van der Waals surface area contributed by atoms with Gasteiger partial charge in [-0.25, -0.2) is 0 Å². The molecule has 0 amide bonds. The molecular formula is C15H21NO2S. The summed E-state index contributed by atoms with van der Waals surface area (Å²) >= 11 is 1.51. The Bertz CT molecular complexity index is 396. The number of rotatable bonds is 5. The summed E-state index contributed by atoms with van der Waals surface area (Å²) in [5.41, 5.74) is 0. The van der Waals surface area contributed by atoms with Crippen LogP contribution < -0.4 is 0 Å². The maximum absolute atomic E-state index is 11.9. The molecule has 0 spiro atoms. The Morgan fingerprint density at radius 1 is 1.37 bits per heavy atom. The smallest absolute Gasteiger partial charge is 0.316 e. The van der Waals surface area contributed by atoms with Gasteiger partial charge < -0.3 is 4.74 Å². The lowest BCUT2D eigenvalue weighted by Gasteiger charge is -2.30. The van der Waals surface area contributed by atoms with Crippen molar-refractivity contribution in [1.29, 1.82) is 0 Å². The normalized spacial score (nSPS) is 23.0. The van der Waals surface area contributed by atoms with Crippen molar-refractivity contribution in [1.82, 2.24) is 4.98 Å². The van der Waals surface area contributed by atoms with E-state index in [1.54, 1.807) is 12.4 Å². The van der Waals surface area contributed by atoms with Gasteiger partial charge in [-0.05, 0) is 43.7 Å². The summed E-state index contributed by atoms with van der Waals surface area (Å²) in [7, 11) is 0. The first-order chi connectivity index (χ1) is 9.29. The number of esters is 1. The minimum Gasteiger partial charge on any atom is -0.461 e. The topological polar surface area (TPSA) is 39.2 Å². The van der Waals surface area contributed by atoms with Crippen molar-refractivity contribution in [3.63, 3.8) is 0 Å². The fraction of sp³-hybridized carbons (Fsp3) is 0.600. The zero-order valence-corrected chi connectivity index (χ0v) is 12.2. The number of ether oxygens (including phenoxy) is 1. The Kier molecular flexibility index (Phi) is 5.70. The van der Waals surface area contributed by atoms with Gasteiger partial charge in [0.15, 0.2) is 0 Å². The molecule has 19 heavy (non-hydrogen) atoms. The molecule has 0 saturated heterocycles. The molecule has 0 bridgehead atoms. The number of nitrogens with zero attached hydrogens (tertiary/aromatic N) is 1. The van der Waals surface area contributed by atoms with Gasteiger partial charge in [-0.15, -0.1) is 11.8 Å². The summed E-state index contributed by atoms with van der Waals surface area (Å²) in [6.07, 6.45) is 9.42. The minimum absolute atomic E-state index is 0.0906. The maximum Gasteiger partial charge on any atom is 0.316 e. The molecule has 104 valence electrons. The fourth-order valence-corrected chi connectivity index (χ4v) is 3.24. The highest BCUT2D eigenvalue weighted by Gasteiger charge is 2.26. The number of pyridine rings is 1. The van der Waals surface area contributed by atoms with Gasteiger partial charge in [0.1, 0.15) is 6.10 Å². The average Bonchev–Trinajstić information content (AvgIpc) is 2.47. The SMILES string of the molecule is CC[C@H]1CCCC[C@H]1OC(=O)CSc1ccncc1. The van der Waals surface area contributed by atoms with Gasteiger partial charge in [0, 0.05) is 17.3 Å². The molecule has 1 aromatic heterocycles. The van der Waals surface area contributed by atoms with Crippen molar-refractivity contribution in [3.8, 4) is 0 Å². The molecule has 2 rings (SSSR count). The second-order valence-corrected chi connectivity index (χ2v) is 6.00. The van der Waals surface area contributed by atoms with Crippen LogP contribution in [0.25, 0.3) is 0 Å². The van der Waals surface area contributed by atoms with Crippen LogP contribution in [0.15, 0.2) is 29.4 Å². The van der Waals surface area contributed by atoms with Crippen LogP contribution in [0.4, 0.5) is 0 Å². The van der Waals surface area contributed by atoms with Gasteiger partial charge in [0.25, 0.3) is 0 Å². The Balaban J connectivity index is 1.77. The quantitative estimate of drug-likeness (QED) is 0.609. The van der Waals surface area contributed by atoms with Crippen LogP contribution in [0.5, 0.6) is 0 Å². The molecule has 0 N–H and O–H groups in total. The third kappa shape index (κ3) is 4.53. The van der Waals surface area contributed by atoms with Crippen molar-refractivity contribution in [3.05, 3.63) is 24.5 Å². The molecule has 0 unspecified atom stereocenters. The van der Waals surface area contributed by atoms with E-state index in [-0.39, 0.29) is 12.1 Å². The van der Waals surface area contributed by atoms with Crippen molar-refractivity contribution in [2.75, 3.05) is 5.75 Å². The molecule has 1 saturated carbocycles. The third-order valence-corrected chi connectivity index (χ3v) is 4.64. The van der Waals surface area contributed by atoms with Crippen LogP contribution in [0, 0.1) is 5.92 Å². The van der Waals surface area contributed by atoms with Gasteiger partial charge in [-0.3, -0.25) is 9.78 Å². The predicted molar refractivity (Wildman–Crippen MR) is 77.1 cm³/mol. The van der Waals surface area contributed by atoms with Crippen LogP contribution in [-0.4, -0.2) is 22.8 Å². The molecule has 0 aromatic carbocycles. The lowest BCUT2D eigenvalue weighted by atomic mass is 9.85. The first-order valence-corrected chi connectivity index (χ1v) is 8.00. The Labute approximate surface area is 119 Å². The molecule has 2 atom stereocenters. The van der Waals surface area contributed by atoms with Gasteiger partial charge in [0.2, 0.25) is 0 Å². The van der Waals surface area contributed by atoms with E-state index < -0.39 is 0 Å². The summed E-state index contributed by atoms with van der Waals surface area (Å²) in [6, 6.07) is 3.82. The largest absolute Gasteiger partial charge is 0.461 e. The highest BCUT2D eigenvalue weighted by atomic mass is 32.2. The highest BCUT2D eigenvalue weighted by Crippen LogP contribution is 2.29. The molecule has 1 aliphatic carbocycles. The molecular weight excluding hydrogens is 258 g/mol. The minimum atomic E-state index is -0.0906. The van der Waals surface area contributed by atoms with E-state index in [1.807, 2.05) is 12.1 Å². The first-order valence-electron chi connectivity index (χ1n) is 7.02. The Morgan fingerprint density at radius 3 is 2.84 bits per heavy atom. The standard InChI is InChI=1S/C15H21NO2S/c1-2-12-5-3-4-6-14(12)18-15(17)11-19-13-7-9-16-10-8-13/h7-10,12,14H,2-6,11H2,1H3/t12-,14+/m0/s1. The summed E-state index contributed by atoms with van der Waals surface area (Å²) in [4.78, 5) is 16.9. The zero-order valence-electron chi connectivity index (χ0n) is 11.4. The van der Waals surface area contributed by atoms with Crippen molar-refractivity contribution in [2.45, 2.75) is 50.0 Å². The van der Waals surface area contributed by atoms with E-state index in [9.17, 15) is 4.79 Å². The van der Waals surface area contributed by atoms with Crippen LogP contribution >= 0.6 is 11.8 Å². The molecule has 3 nitrogen and oxygen atoms in total. The van der Waals surface area contributed by atoms with Crippen molar-refractivity contribution < 1.29 is 9.53 Å². The van der Waals surface area contributed by atoms with Crippen LogP contribution in [0.1, 0.15) is 39.0 Å². The van der Waals surface area contributed by atoms with Crippen LogP contribution in [0.2, 0.25) is 0 Å². The number of carbonyl (C=O) groups excluding carboxylic acids is 1. The third-order valence-electron chi connectivity index (χ3n) is 3.65. The Hall–Kier alpha value is -1.03. The van der Waals surface area contributed by atoms with Gasteiger partial charge in [-0.1, -0.05) is 13.3 Å². The lowest BCUT2D eigenvalue weighted by molar-refractivity contribution is -0.150.